The average molecular weight is 370 g/mol. The molecule has 2 heterocycles. The molecule has 0 aliphatic heterocycles. The Labute approximate surface area is 152 Å². The van der Waals surface area contributed by atoms with Crippen molar-refractivity contribution in [1.82, 2.24) is 20.1 Å². The summed E-state index contributed by atoms with van der Waals surface area (Å²) in [5.41, 5.74) is 2.92. The first-order valence-electron chi connectivity index (χ1n) is 7.88. The van der Waals surface area contributed by atoms with E-state index in [9.17, 15) is 4.39 Å². The first kappa shape index (κ1) is 16.6. The molecular formula is C18H15FN4O2S. The van der Waals surface area contributed by atoms with Crippen LogP contribution in [0, 0.1) is 12.7 Å². The molecule has 0 unspecified atom stereocenters. The summed E-state index contributed by atoms with van der Waals surface area (Å²) in [5.74, 6) is 1.75. The van der Waals surface area contributed by atoms with Crippen LogP contribution in [0.5, 0.6) is 5.75 Å². The van der Waals surface area contributed by atoms with Gasteiger partial charge in [-0.05, 0) is 30.7 Å². The number of benzene rings is 2. The second-order valence-corrected chi connectivity index (χ2v) is 6.65. The first-order chi connectivity index (χ1) is 12.6. The van der Waals surface area contributed by atoms with Gasteiger partial charge in [0.05, 0.1) is 23.9 Å². The number of H-pyrrole nitrogens is 1. The lowest BCUT2D eigenvalue weighted by Gasteiger charge is -1.97. The third-order valence-corrected chi connectivity index (χ3v) is 4.76. The quantitative estimate of drug-likeness (QED) is 0.526. The van der Waals surface area contributed by atoms with E-state index in [2.05, 4.69) is 20.1 Å². The average Bonchev–Trinajstić information content (AvgIpc) is 3.28. The van der Waals surface area contributed by atoms with Crippen molar-refractivity contribution in [3.8, 4) is 17.1 Å². The Bertz CT molecular complexity index is 1080. The van der Waals surface area contributed by atoms with Crippen LogP contribution in [0.2, 0.25) is 0 Å². The van der Waals surface area contributed by atoms with E-state index in [1.165, 1.54) is 17.8 Å². The lowest BCUT2D eigenvalue weighted by molar-refractivity contribution is 0.391. The van der Waals surface area contributed by atoms with E-state index in [-0.39, 0.29) is 5.82 Å². The summed E-state index contributed by atoms with van der Waals surface area (Å²) in [6.07, 6.45) is 0. The van der Waals surface area contributed by atoms with Crippen LogP contribution in [0.25, 0.3) is 22.4 Å². The number of aromatic nitrogens is 4. The molecule has 8 heteroatoms. The topological polar surface area (TPSA) is 76.8 Å². The van der Waals surface area contributed by atoms with E-state index in [0.717, 1.165) is 21.9 Å². The standard InChI is InChI=1S/C18H15FN4O2S/c1-10-3-4-11(7-13(10)19)17-22-16(25-23-17)9-26-18-20-14-6-5-12(24-2)8-15(14)21-18/h3-8H,9H2,1-2H3,(H,20,21). The number of hydrogen-bond acceptors (Lipinski definition) is 6. The minimum Gasteiger partial charge on any atom is -0.497 e. The molecule has 0 amide bonds. The fourth-order valence-corrected chi connectivity index (χ4v) is 3.18. The Balaban J connectivity index is 1.48. The van der Waals surface area contributed by atoms with Crippen molar-refractivity contribution in [1.29, 1.82) is 0 Å². The zero-order chi connectivity index (χ0) is 18.1. The van der Waals surface area contributed by atoms with E-state index in [1.54, 1.807) is 26.2 Å². The van der Waals surface area contributed by atoms with Crippen molar-refractivity contribution in [3.63, 3.8) is 0 Å². The number of methoxy groups -OCH3 is 1. The third kappa shape index (κ3) is 3.28. The molecule has 0 spiro atoms. The number of hydrogen-bond donors (Lipinski definition) is 1. The van der Waals surface area contributed by atoms with Crippen molar-refractivity contribution in [2.24, 2.45) is 0 Å². The summed E-state index contributed by atoms with van der Waals surface area (Å²) in [5, 5.41) is 4.67. The van der Waals surface area contributed by atoms with Crippen LogP contribution >= 0.6 is 11.8 Å². The molecule has 2 aromatic heterocycles. The van der Waals surface area contributed by atoms with Gasteiger partial charge in [-0.25, -0.2) is 9.37 Å². The third-order valence-electron chi connectivity index (χ3n) is 3.90. The van der Waals surface area contributed by atoms with Gasteiger partial charge in [0.25, 0.3) is 0 Å². The molecule has 26 heavy (non-hydrogen) atoms. The molecule has 6 nitrogen and oxygen atoms in total. The predicted octanol–water partition coefficient (Wildman–Crippen LogP) is 4.36. The molecule has 4 aromatic rings. The van der Waals surface area contributed by atoms with E-state index >= 15 is 0 Å². The Morgan fingerprint density at radius 3 is 2.88 bits per heavy atom. The summed E-state index contributed by atoms with van der Waals surface area (Å²) in [6.45, 7) is 1.71. The number of fused-ring (bicyclic) bond motifs is 1. The Kier molecular flexibility index (Phi) is 4.34. The molecule has 132 valence electrons. The highest BCUT2D eigenvalue weighted by molar-refractivity contribution is 7.98. The van der Waals surface area contributed by atoms with E-state index in [0.29, 0.717) is 28.6 Å². The number of nitrogens with one attached hydrogen (secondary N) is 1. The molecule has 2 aromatic carbocycles. The second-order valence-electron chi connectivity index (χ2n) is 5.69. The summed E-state index contributed by atoms with van der Waals surface area (Å²) >= 11 is 1.45. The molecule has 0 fully saturated rings. The molecule has 4 rings (SSSR count). The van der Waals surface area contributed by atoms with Crippen molar-refractivity contribution < 1.29 is 13.7 Å². The number of halogens is 1. The number of imidazole rings is 1. The normalized spacial score (nSPS) is 11.2. The van der Waals surface area contributed by atoms with Gasteiger partial charge in [-0.1, -0.05) is 29.1 Å². The maximum atomic E-state index is 13.7. The number of rotatable bonds is 5. The van der Waals surface area contributed by atoms with Gasteiger partial charge in [-0.15, -0.1) is 0 Å². The molecule has 0 aliphatic carbocycles. The second kappa shape index (κ2) is 6.80. The van der Waals surface area contributed by atoms with Gasteiger partial charge in [-0.2, -0.15) is 4.98 Å². The molecule has 0 saturated carbocycles. The first-order valence-corrected chi connectivity index (χ1v) is 8.86. The van der Waals surface area contributed by atoms with E-state index < -0.39 is 0 Å². The van der Waals surface area contributed by atoms with E-state index in [4.69, 9.17) is 9.26 Å². The Morgan fingerprint density at radius 1 is 1.19 bits per heavy atom. The van der Waals surface area contributed by atoms with Gasteiger partial charge in [0.15, 0.2) is 5.16 Å². The van der Waals surface area contributed by atoms with Gasteiger partial charge in [0.2, 0.25) is 11.7 Å². The van der Waals surface area contributed by atoms with Gasteiger partial charge in [0.1, 0.15) is 11.6 Å². The van der Waals surface area contributed by atoms with Gasteiger partial charge >= 0.3 is 0 Å². The van der Waals surface area contributed by atoms with Crippen molar-refractivity contribution in [2.75, 3.05) is 7.11 Å². The molecule has 0 bridgehead atoms. The van der Waals surface area contributed by atoms with Crippen molar-refractivity contribution in [3.05, 3.63) is 53.7 Å². The van der Waals surface area contributed by atoms with Crippen molar-refractivity contribution >= 4 is 22.8 Å². The lowest BCUT2D eigenvalue weighted by atomic mass is 10.1. The minimum atomic E-state index is -0.291. The highest BCUT2D eigenvalue weighted by Crippen LogP contribution is 2.26. The Morgan fingerprint density at radius 2 is 2.08 bits per heavy atom. The fraction of sp³-hybridized carbons (Fsp3) is 0.167. The highest BCUT2D eigenvalue weighted by atomic mass is 32.2. The SMILES string of the molecule is COc1ccc2nc(SCc3nc(-c4ccc(C)c(F)c4)no3)[nH]c2c1. The van der Waals surface area contributed by atoms with Crippen LogP contribution in [0.3, 0.4) is 0 Å². The Hall–Kier alpha value is -2.87. The molecular weight excluding hydrogens is 355 g/mol. The maximum absolute atomic E-state index is 13.7. The van der Waals surface area contributed by atoms with Crippen LogP contribution < -0.4 is 4.74 Å². The molecule has 0 atom stereocenters. The molecule has 0 saturated heterocycles. The van der Waals surface area contributed by atoms with Gasteiger partial charge in [-0.3, -0.25) is 0 Å². The minimum absolute atomic E-state index is 0.291. The fourth-order valence-electron chi connectivity index (χ4n) is 2.45. The predicted molar refractivity (Wildman–Crippen MR) is 96.6 cm³/mol. The zero-order valence-corrected chi connectivity index (χ0v) is 14.9. The summed E-state index contributed by atoms with van der Waals surface area (Å²) < 4.78 is 24.1. The van der Waals surface area contributed by atoms with Crippen LogP contribution in [-0.4, -0.2) is 27.2 Å². The van der Waals surface area contributed by atoms with Crippen LogP contribution in [0.1, 0.15) is 11.5 Å². The number of nitrogens with zero attached hydrogens (tertiary/aromatic N) is 3. The highest BCUT2D eigenvalue weighted by Gasteiger charge is 2.12. The van der Waals surface area contributed by atoms with Gasteiger partial charge < -0.3 is 14.2 Å². The monoisotopic (exact) mass is 370 g/mol. The largest absolute Gasteiger partial charge is 0.497 e. The zero-order valence-electron chi connectivity index (χ0n) is 14.1. The van der Waals surface area contributed by atoms with Crippen LogP contribution in [0.4, 0.5) is 4.39 Å². The smallest absolute Gasteiger partial charge is 0.237 e. The summed E-state index contributed by atoms with van der Waals surface area (Å²) in [4.78, 5) is 12.0. The van der Waals surface area contributed by atoms with Crippen LogP contribution in [0.15, 0.2) is 46.1 Å². The van der Waals surface area contributed by atoms with E-state index in [1.807, 2.05) is 18.2 Å². The number of aryl methyl sites for hydroxylation is 1. The van der Waals surface area contributed by atoms with Crippen molar-refractivity contribution in [2.45, 2.75) is 17.8 Å². The van der Waals surface area contributed by atoms with Gasteiger partial charge in [0, 0.05) is 11.6 Å². The molecule has 0 aliphatic rings. The van der Waals surface area contributed by atoms with Crippen LogP contribution in [-0.2, 0) is 5.75 Å². The number of ether oxygens (including phenoxy) is 1. The number of aromatic amines is 1. The summed E-state index contributed by atoms with van der Waals surface area (Å²) in [7, 11) is 1.63. The molecule has 1 N–H and O–H groups in total. The number of thioether (sulfide) groups is 1. The maximum Gasteiger partial charge on any atom is 0.237 e. The molecule has 0 radical (unpaired) electrons. The summed E-state index contributed by atoms with van der Waals surface area (Å²) in [6, 6.07) is 10.5. The lowest BCUT2D eigenvalue weighted by Crippen LogP contribution is -1.87.